The molecule has 8 bridgehead atoms. The fourth-order valence-electron chi connectivity index (χ4n) is 10.4. The summed E-state index contributed by atoms with van der Waals surface area (Å²) in [4.78, 5) is 34.6. The number of hydrogen-bond acceptors (Lipinski definition) is 3. The smallest absolute Gasteiger partial charge is 0.161 e. The molecule has 43 heavy (non-hydrogen) atoms. The van der Waals surface area contributed by atoms with Gasteiger partial charge in [-0.25, -0.2) is 0 Å². The maximum atomic E-state index is 12.8. The molecule has 0 saturated heterocycles. The molecule has 10 rings (SSSR count). The molecule has 3 nitrogen and oxygen atoms in total. The standard InChI is InChI=1S/C19H21BrO.C12H18O.C7H5BrO/c20-17-4-1-13(2-5-17)3-6-18(21)19-10-14-7-15(11-19)9-16(8-14)12-19;1-8(13)12-5-9-2-10(6-12)4-11(3-9)7-12;8-7-3-1-6(5-9)2-4-7/h1-6,14-16H,7-12H2;9-11H,2-7H2,1H3;1-5H/b6-3+;;. The van der Waals surface area contributed by atoms with Crippen molar-refractivity contribution in [2.24, 2.45) is 46.3 Å². The summed E-state index contributed by atoms with van der Waals surface area (Å²) in [6.45, 7) is 1.83. The van der Waals surface area contributed by atoms with Crippen LogP contribution in [0.25, 0.3) is 6.08 Å². The Hall–Kier alpha value is -1.85. The SMILES string of the molecule is CC(=O)C12CC3CC(CC(C3)C1)C2.O=C(/C=C/c1ccc(Br)cc1)C12CC3CC(CC(C3)C1)C2.O=Cc1ccc(Br)cc1. The largest absolute Gasteiger partial charge is 0.299 e. The van der Waals surface area contributed by atoms with Crippen LogP contribution in [0.1, 0.15) is 99.9 Å². The third-order valence-corrected chi connectivity index (χ3v) is 12.7. The number of ketones is 2. The predicted octanol–water partition coefficient (Wildman–Crippen LogP) is 10.3. The van der Waals surface area contributed by atoms with Gasteiger partial charge >= 0.3 is 0 Å². The van der Waals surface area contributed by atoms with Gasteiger partial charge in [-0.05, 0) is 155 Å². The average molecular weight is 709 g/mol. The normalized spacial score (nSPS) is 36.0. The summed E-state index contributed by atoms with van der Waals surface area (Å²) >= 11 is 6.70. The van der Waals surface area contributed by atoms with Gasteiger partial charge in [0, 0.05) is 25.3 Å². The fraction of sp³-hybridized carbons (Fsp3) is 0.553. The molecule has 0 aliphatic heterocycles. The molecule has 0 unspecified atom stereocenters. The van der Waals surface area contributed by atoms with E-state index in [0.29, 0.717) is 17.1 Å². The van der Waals surface area contributed by atoms with E-state index in [4.69, 9.17) is 0 Å². The minimum Gasteiger partial charge on any atom is -0.299 e. The Morgan fingerprint density at radius 1 is 0.605 bits per heavy atom. The Balaban J connectivity index is 0.000000127. The summed E-state index contributed by atoms with van der Waals surface area (Å²) < 4.78 is 2.07. The van der Waals surface area contributed by atoms with E-state index in [1.165, 1.54) is 57.8 Å². The molecule has 0 atom stereocenters. The number of allylic oxidation sites excluding steroid dienone is 1. The van der Waals surface area contributed by atoms with Crippen molar-refractivity contribution in [3.8, 4) is 0 Å². The summed E-state index contributed by atoms with van der Waals surface area (Å²) in [5, 5.41) is 0. The van der Waals surface area contributed by atoms with Crippen molar-refractivity contribution in [3.63, 3.8) is 0 Å². The number of halogens is 2. The van der Waals surface area contributed by atoms with Crippen LogP contribution in [0.5, 0.6) is 0 Å². The van der Waals surface area contributed by atoms with Crippen LogP contribution in [0.3, 0.4) is 0 Å². The van der Waals surface area contributed by atoms with E-state index in [0.717, 1.165) is 75.6 Å². The molecule has 0 N–H and O–H groups in total. The Morgan fingerprint density at radius 3 is 1.30 bits per heavy atom. The summed E-state index contributed by atoms with van der Waals surface area (Å²) in [6.07, 6.45) is 20.3. The van der Waals surface area contributed by atoms with Gasteiger partial charge in [0.1, 0.15) is 12.1 Å². The van der Waals surface area contributed by atoms with Crippen molar-refractivity contribution in [2.45, 2.75) is 84.0 Å². The van der Waals surface area contributed by atoms with Gasteiger partial charge in [-0.3, -0.25) is 14.4 Å². The lowest BCUT2D eigenvalue weighted by Gasteiger charge is -2.55. The van der Waals surface area contributed by atoms with Gasteiger partial charge in [0.05, 0.1) is 0 Å². The Morgan fingerprint density at radius 2 is 0.953 bits per heavy atom. The average Bonchev–Trinajstić information content (AvgIpc) is 2.96. The molecule has 228 valence electrons. The van der Waals surface area contributed by atoms with E-state index in [2.05, 4.69) is 31.9 Å². The zero-order valence-corrected chi connectivity index (χ0v) is 28.5. The Kier molecular flexibility index (Phi) is 9.32. The molecule has 0 amide bonds. The molecule has 5 heteroatoms. The topological polar surface area (TPSA) is 51.2 Å². The van der Waals surface area contributed by atoms with Gasteiger partial charge in [-0.2, -0.15) is 0 Å². The molecule has 8 saturated carbocycles. The lowest BCUT2D eigenvalue weighted by atomic mass is 9.48. The Bertz CT molecular complexity index is 1290. The monoisotopic (exact) mass is 706 g/mol. The molecule has 0 radical (unpaired) electrons. The van der Waals surface area contributed by atoms with Crippen LogP contribution in [0, 0.1) is 46.3 Å². The van der Waals surface area contributed by atoms with Crippen molar-refractivity contribution in [1.29, 1.82) is 0 Å². The molecular formula is C38H44Br2O3. The first-order valence-electron chi connectivity index (χ1n) is 16.3. The van der Waals surface area contributed by atoms with Gasteiger partial charge in [0.25, 0.3) is 0 Å². The van der Waals surface area contributed by atoms with Gasteiger partial charge in [0.15, 0.2) is 5.78 Å². The van der Waals surface area contributed by atoms with Crippen molar-refractivity contribution >= 4 is 55.8 Å². The van der Waals surface area contributed by atoms with Crippen molar-refractivity contribution in [3.05, 3.63) is 74.7 Å². The predicted molar refractivity (Wildman–Crippen MR) is 180 cm³/mol. The molecule has 0 heterocycles. The number of benzene rings is 2. The first-order chi connectivity index (χ1) is 20.6. The first-order valence-corrected chi connectivity index (χ1v) is 17.9. The van der Waals surface area contributed by atoms with Crippen LogP contribution in [-0.2, 0) is 9.59 Å². The second-order valence-electron chi connectivity index (χ2n) is 14.9. The third kappa shape index (κ3) is 7.03. The number of Topliss-reactive ketones (excluding diaryl/α,β-unsaturated/α-hetero) is 1. The zero-order valence-electron chi connectivity index (χ0n) is 25.3. The van der Waals surface area contributed by atoms with Crippen LogP contribution in [0.15, 0.2) is 63.6 Å². The van der Waals surface area contributed by atoms with Crippen LogP contribution in [-0.4, -0.2) is 17.9 Å². The van der Waals surface area contributed by atoms with Crippen molar-refractivity contribution in [2.75, 3.05) is 0 Å². The lowest BCUT2D eigenvalue weighted by molar-refractivity contribution is -0.141. The minimum absolute atomic E-state index is 0.000609. The fourth-order valence-corrected chi connectivity index (χ4v) is 10.9. The van der Waals surface area contributed by atoms with Crippen LogP contribution in [0.2, 0.25) is 0 Å². The number of aldehydes is 1. The highest BCUT2D eigenvalue weighted by atomic mass is 79.9. The molecule has 2 aromatic rings. The molecule has 2 aromatic carbocycles. The summed E-state index contributed by atoms with van der Waals surface area (Å²) in [5.41, 5.74) is 1.98. The van der Waals surface area contributed by atoms with E-state index in [9.17, 15) is 14.4 Å². The van der Waals surface area contributed by atoms with Gasteiger partial charge < -0.3 is 0 Å². The summed E-state index contributed by atoms with van der Waals surface area (Å²) in [5.74, 6) is 6.13. The summed E-state index contributed by atoms with van der Waals surface area (Å²) in [7, 11) is 0. The van der Waals surface area contributed by atoms with E-state index in [1.54, 1.807) is 12.1 Å². The van der Waals surface area contributed by atoms with Crippen molar-refractivity contribution in [1.82, 2.24) is 0 Å². The van der Waals surface area contributed by atoms with Gasteiger partial charge in [0.2, 0.25) is 0 Å². The first kappa shape index (κ1) is 31.1. The molecule has 8 fully saturated rings. The summed E-state index contributed by atoms with van der Waals surface area (Å²) in [6, 6.07) is 15.3. The lowest BCUT2D eigenvalue weighted by Crippen LogP contribution is -2.49. The third-order valence-electron chi connectivity index (χ3n) is 11.6. The molecule has 0 aromatic heterocycles. The van der Waals surface area contributed by atoms with E-state index in [1.807, 2.05) is 55.5 Å². The van der Waals surface area contributed by atoms with Crippen LogP contribution < -0.4 is 0 Å². The maximum Gasteiger partial charge on any atom is 0.161 e. The van der Waals surface area contributed by atoms with Gasteiger partial charge in [-0.1, -0.05) is 62.2 Å². The molecule has 8 aliphatic rings. The van der Waals surface area contributed by atoms with E-state index < -0.39 is 0 Å². The second kappa shape index (κ2) is 12.9. The zero-order chi connectivity index (χ0) is 30.2. The van der Waals surface area contributed by atoms with Gasteiger partial charge in [-0.15, -0.1) is 0 Å². The number of hydrogen-bond donors (Lipinski definition) is 0. The molecule has 8 aliphatic carbocycles. The van der Waals surface area contributed by atoms with E-state index in [-0.39, 0.29) is 10.8 Å². The highest BCUT2D eigenvalue weighted by molar-refractivity contribution is 9.10. The Labute approximate surface area is 273 Å². The highest BCUT2D eigenvalue weighted by Gasteiger charge is 2.54. The van der Waals surface area contributed by atoms with Crippen LogP contribution >= 0.6 is 31.9 Å². The van der Waals surface area contributed by atoms with Crippen molar-refractivity contribution < 1.29 is 14.4 Å². The number of carbonyl (C=O) groups is 3. The molecule has 0 spiro atoms. The van der Waals surface area contributed by atoms with E-state index >= 15 is 0 Å². The second-order valence-corrected chi connectivity index (χ2v) is 16.7. The minimum atomic E-state index is 0.000609. The molecular weight excluding hydrogens is 664 g/mol. The maximum absolute atomic E-state index is 12.8. The number of rotatable bonds is 5. The van der Waals surface area contributed by atoms with Crippen LogP contribution in [0.4, 0.5) is 0 Å². The highest BCUT2D eigenvalue weighted by Crippen LogP contribution is 2.61. The number of carbonyl (C=O) groups excluding carboxylic acids is 3. The quantitative estimate of drug-likeness (QED) is 0.230.